The molecule has 0 aliphatic rings. The van der Waals surface area contributed by atoms with Crippen molar-refractivity contribution in [2.75, 3.05) is 5.73 Å². The first-order valence-electron chi connectivity index (χ1n) is 3.11. The highest BCUT2D eigenvalue weighted by Gasteiger charge is 2.17. The minimum absolute atomic E-state index is 0.120. The summed E-state index contributed by atoms with van der Waals surface area (Å²) in [6, 6.07) is 1.24. The summed E-state index contributed by atoms with van der Waals surface area (Å²) in [5.74, 6) is -2.03. The van der Waals surface area contributed by atoms with Gasteiger partial charge in [0.1, 0.15) is 0 Å². The van der Waals surface area contributed by atoms with Gasteiger partial charge in [-0.1, -0.05) is 0 Å². The second kappa shape index (κ2) is 3.63. The van der Waals surface area contributed by atoms with Crippen LogP contribution in [0.2, 0.25) is 0 Å². The number of halogens is 3. The van der Waals surface area contributed by atoms with E-state index >= 15 is 0 Å². The van der Waals surface area contributed by atoms with E-state index in [1.165, 1.54) is 6.07 Å². The summed E-state index contributed by atoms with van der Waals surface area (Å²) in [7, 11) is 0. The average molecular weight is 313 g/mol. The normalized spacial score (nSPS) is 10.1. The molecule has 0 radical (unpaired) electrons. The number of nitrogens with two attached hydrogens (primary N) is 1. The highest BCUT2D eigenvalue weighted by atomic mass is 79.9. The molecule has 1 aromatic carbocycles. The lowest BCUT2D eigenvalue weighted by Gasteiger charge is -2.05. The third kappa shape index (κ3) is 1.83. The fraction of sp³-hybridized carbons (Fsp3) is 0. The lowest BCUT2D eigenvalue weighted by molar-refractivity contribution is 0.0697. The molecule has 1 rings (SSSR count). The zero-order valence-electron chi connectivity index (χ0n) is 6.14. The molecular formula is C7H4Br2FNO2. The van der Waals surface area contributed by atoms with Crippen molar-refractivity contribution in [3.05, 3.63) is 26.4 Å². The summed E-state index contributed by atoms with van der Waals surface area (Å²) < 4.78 is 13.6. The molecule has 0 spiro atoms. The number of carbonyl (C=O) groups is 1. The van der Waals surface area contributed by atoms with Crippen LogP contribution in [0.4, 0.5) is 10.1 Å². The maximum atomic E-state index is 13.1. The van der Waals surface area contributed by atoms with Crippen molar-refractivity contribution < 1.29 is 14.3 Å². The molecule has 0 aliphatic heterocycles. The van der Waals surface area contributed by atoms with Crippen molar-refractivity contribution in [2.24, 2.45) is 0 Å². The van der Waals surface area contributed by atoms with Gasteiger partial charge in [-0.2, -0.15) is 0 Å². The van der Waals surface area contributed by atoms with Crippen LogP contribution in [0, 0.1) is 5.82 Å². The standard InChI is InChI=1S/C7H4Br2FNO2/c8-3-1-2(7(12)13)6(11)5(10)4(3)9/h1H,11H2,(H,12,13). The monoisotopic (exact) mass is 311 g/mol. The zero-order chi connectivity index (χ0) is 10.2. The van der Waals surface area contributed by atoms with Crippen LogP contribution in [-0.4, -0.2) is 11.1 Å². The molecule has 0 atom stereocenters. The van der Waals surface area contributed by atoms with Gasteiger partial charge in [-0.25, -0.2) is 9.18 Å². The Morgan fingerprint density at radius 3 is 2.54 bits per heavy atom. The van der Waals surface area contributed by atoms with Gasteiger partial charge in [0, 0.05) is 4.47 Å². The van der Waals surface area contributed by atoms with Gasteiger partial charge in [0.2, 0.25) is 0 Å². The molecule has 1 aromatic rings. The van der Waals surface area contributed by atoms with Crippen LogP contribution in [0.25, 0.3) is 0 Å². The van der Waals surface area contributed by atoms with E-state index in [1.54, 1.807) is 0 Å². The molecular weight excluding hydrogens is 309 g/mol. The first kappa shape index (κ1) is 10.5. The van der Waals surface area contributed by atoms with Crippen LogP contribution in [-0.2, 0) is 0 Å². The van der Waals surface area contributed by atoms with E-state index in [9.17, 15) is 9.18 Å². The predicted molar refractivity (Wildman–Crippen MR) is 53.2 cm³/mol. The van der Waals surface area contributed by atoms with Crippen LogP contribution in [0.3, 0.4) is 0 Å². The quantitative estimate of drug-likeness (QED) is 0.619. The molecule has 6 heteroatoms. The number of carboxylic acid groups (broad SMARTS) is 1. The molecule has 0 fully saturated rings. The SMILES string of the molecule is Nc1c(C(=O)O)cc(Br)c(Br)c1F. The zero-order valence-corrected chi connectivity index (χ0v) is 9.32. The molecule has 70 valence electrons. The van der Waals surface area contributed by atoms with Crippen molar-refractivity contribution in [2.45, 2.75) is 0 Å². The number of benzene rings is 1. The second-order valence-corrected chi connectivity index (χ2v) is 3.90. The van der Waals surface area contributed by atoms with Gasteiger partial charge in [-0.3, -0.25) is 0 Å². The molecule has 0 aliphatic carbocycles. The van der Waals surface area contributed by atoms with E-state index in [0.717, 1.165) is 0 Å². The van der Waals surface area contributed by atoms with Crippen LogP contribution >= 0.6 is 31.9 Å². The highest BCUT2D eigenvalue weighted by molar-refractivity contribution is 9.13. The van der Waals surface area contributed by atoms with Gasteiger partial charge < -0.3 is 10.8 Å². The van der Waals surface area contributed by atoms with Crippen molar-refractivity contribution in [3.63, 3.8) is 0 Å². The maximum absolute atomic E-state index is 13.1. The number of hydrogen-bond acceptors (Lipinski definition) is 2. The average Bonchev–Trinajstić information content (AvgIpc) is 2.07. The van der Waals surface area contributed by atoms with E-state index < -0.39 is 11.8 Å². The van der Waals surface area contributed by atoms with Crippen LogP contribution in [0.15, 0.2) is 15.0 Å². The Labute approximate surface area is 90.0 Å². The molecule has 3 nitrogen and oxygen atoms in total. The van der Waals surface area contributed by atoms with Gasteiger partial charge in [0.25, 0.3) is 0 Å². The van der Waals surface area contributed by atoms with Crippen molar-refractivity contribution in [1.29, 1.82) is 0 Å². The van der Waals surface area contributed by atoms with Gasteiger partial charge in [-0.15, -0.1) is 0 Å². The first-order valence-corrected chi connectivity index (χ1v) is 4.70. The Hall–Kier alpha value is -0.620. The molecule has 0 heterocycles. The summed E-state index contributed by atoms with van der Waals surface area (Å²) in [5, 5.41) is 8.62. The van der Waals surface area contributed by atoms with E-state index in [2.05, 4.69) is 31.9 Å². The Morgan fingerprint density at radius 1 is 1.54 bits per heavy atom. The summed E-state index contributed by atoms with van der Waals surface area (Å²) in [4.78, 5) is 10.6. The third-order valence-corrected chi connectivity index (χ3v) is 3.36. The molecule has 0 bridgehead atoms. The predicted octanol–water partition coefficient (Wildman–Crippen LogP) is 2.63. The third-order valence-electron chi connectivity index (χ3n) is 1.43. The summed E-state index contributed by atoms with van der Waals surface area (Å²) in [6.07, 6.45) is 0. The second-order valence-electron chi connectivity index (χ2n) is 2.25. The minimum Gasteiger partial charge on any atom is -0.478 e. The molecule has 0 saturated heterocycles. The number of carboxylic acids is 1. The van der Waals surface area contributed by atoms with Crippen molar-refractivity contribution in [3.8, 4) is 0 Å². The van der Waals surface area contributed by atoms with Gasteiger partial charge in [-0.05, 0) is 37.9 Å². The Kier molecular flexibility index (Phi) is 2.92. The van der Waals surface area contributed by atoms with Crippen molar-refractivity contribution in [1.82, 2.24) is 0 Å². The summed E-state index contributed by atoms with van der Waals surface area (Å²) in [6.45, 7) is 0. The molecule has 0 unspecified atom stereocenters. The Balaban J connectivity index is 3.50. The molecule has 0 amide bonds. The topological polar surface area (TPSA) is 63.3 Å². The summed E-state index contributed by atoms with van der Waals surface area (Å²) in [5.41, 5.74) is 4.62. The largest absolute Gasteiger partial charge is 0.478 e. The molecule has 0 aromatic heterocycles. The number of nitrogen functional groups attached to an aromatic ring is 1. The van der Waals surface area contributed by atoms with E-state index in [-0.39, 0.29) is 15.7 Å². The Bertz CT molecular complexity index is 381. The summed E-state index contributed by atoms with van der Waals surface area (Å²) >= 11 is 5.91. The number of hydrogen-bond donors (Lipinski definition) is 2. The maximum Gasteiger partial charge on any atom is 0.337 e. The van der Waals surface area contributed by atoms with Crippen molar-refractivity contribution >= 4 is 43.5 Å². The van der Waals surface area contributed by atoms with Crippen LogP contribution in [0.5, 0.6) is 0 Å². The molecule has 13 heavy (non-hydrogen) atoms. The lowest BCUT2D eigenvalue weighted by Crippen LogP contribution is -2.05. The van der Waals surface area contributed by atoms with E-state index in [4.69, 9.17) is 10.8 Å². The van der Waals surface area contributed by atoms with E-state index in [1.807, 2.05) is 0 Å². The fourth-order valence-corrected chi connectivity index (χ4v) is 1.52. The Morgan fingerprint density at radius 2 is 2.08 bits per heavy atom. The minimum atomic E-state index is -1.26. The van der Waals surface area contributed by atoms with Gasteiger partial charge >= 0.3 is 5.97 Å². The molecule has 3 N–H and O–H groups in total. The van der Waals surface area contributed by atoms with Gasteiger partial charge in [0.15, 0.2) is 5.82 Å². The number of rotatable bonds is 1. The first-order chi connectivity index (χ1) is 5.95. The smallest absolute Gasteiger partial charge is 0.337 e. The lowest BCUT2D eigenvalue weighted by atomic mass is 10.2. The highest BCUT2D eigenvalue weighted by Crippen LogP contribution is 2.32. The van der Waals surface area contributed by atoms with Crippen LogP contribution < -0.4 is 5.73 Å². The van der Waals surface area contributed by atoms with E-state index in [0.29, 0.717) is 4.47 Å². The number of anilines is 1. The number of aromatic carboxylic acids is 1. The van der Waals surface area contributed by atoms with Gasteiger partial charge in [0.05, 0.1) is 15.7 Å². The fourth-order valence-electron chi connectivity index (χ4n) is 0.786. The van der Waals surface area contributed by atoms with Crippen LogP contribution in [0.1, 0.15) is 10.4 Å². The molecule has 0 saturated carbocycles.